The van der Waals surface area contributed by atoms with Crippen molar-refractivity contribution in [3.63, 3.8) is 0 Å². The Kier molecular flexibility index (Phi) is 2.71. The Hall–Kier alpha value is -0.900. The van der Waals surface area contributed by atoms with Crippen molar-refractivity contribution in [2.45, 2.75) is 30.5 Å². The van der Waals surface area contributed by atoms with Gasteiger partial charge in [-0.2, -0.15) is 4.73 Å². The molecule has 0 aliphatic carbocycles. The molecule has 0 fully saturated rings. The molecule has 0 saturated heterocycles. The van der Waals surface area contributed by atoms with Crippen LogP contribution in [-0.2, 0) is 10.8 Å². The highest BCUT2D eigenvalue weighted by Gasteiger charge is 2.26. The van der Waals surface area contributed by atoms with E-state index in [-0.39, 0.29) is 0 Å². The zero-order chi connectivity index (χ0) is 10.1. The Morgan fingerprint density at radius 1 is 1.38 bits per heavy atom. The minimum atomic E-state index is -1.26. The van der Waals surface area contributed by atoms with Gasteiger partial charge >= 0.3 is 0 Å². The Balaban J connectivity index is 3.10. The Morgan fingerprint density at radius 3 is 2.46 bits per heavy atom. The molecule has 0 N–H and O–H groups in total. The Labute approximate surface area is 80.4 Å². The van der Waals surface area contributed by atoms with Crippen LogP contribution in [0, 0.1) is 5.21 Å². The van der Waals surface area contributed by atoms with E-state index in [0.29, 0.717) is 9.76 Å². The number of pyridine rings is 1. The van der Waals surface area contributed by atoms with Crippen LogP contribution in [-0.4, -0.2) is 8.96 Å². The maximum atomic E-state index is 11.8. The molecule has 1 atom stereocenters. The summed E-state index contributed by atoms with van der Waals surface area (Å²) in [6.45, 7) is 5.53. The summed E-state index contributed by atoms with van der Waals surface area (Å²) in [5.41, 5.74) is 0. The normalized spacial score (nSPS) is 14.1. The summed E-state index contributed by atoms with van der Waals surface area (Å²) in [6.07, 6.45) is 1.36. The number of hydrogen-bond donors (Lipinski definition) is 0. The minimum Gasteiger partial charge on any atom is -0.618 e. The summed E-state index contributed by atoms with van der Waals surface area (Å²) in [5, 5.41) is 11.5. The fourth-order valence-corrected chi connectivity index (χ4v) is 1.92. The molecule has 1 aromatic heterocycles. The van der Waals surface area contributed by atoms with Crippen LogP contribution >= 0.6 is 0 Å². The number of aromatic nitrogens is 1. The van der Waals surface area contributed by atoms with Crippen molar-refractivity contribution >= 4 is 10.8 Å². The lowest BCUT2D eigenvalue weighted by Crippen LogP contribution is -2.36. The standard InChI is InChI=1S/C9H13NO2S/c1-9(2,3)13(12)8-6-4-5-7-10(8)11/h4-7H,1-3H3/t13-/m1/s1. The highest BCUT2D eigenvalue weighted by atomic mass is 32.2. The molecule has 0 saturated carbocycles. The van der Waals surface area contributed by atoms with E-state index < -0.39 is 15.5 Å². The highest BCUT2D eigenvalue weighted by molar-refractivity contribution is 7.86. The van der Waals surface area contributed by atoms with Gasteiger partial charge in [0, 0.05) is 16.9 Å². The maximum absolute atomic E-state index is 11.8. The lowest BCUT2D eigenvalue weighted by atomic mass is 10.3. The molecule has 1 rings (SSSR count). The van der Waals surface area contributed by atoms with Crippen LogP contribution in [0.25, 0.3) is 0 Å². The fraction of sp³-hybridized carbons (Fsp3) is 0.444. The van der Waals surface area contributed by atoms with Gasteiger partial charge in [0.1, 0.15) is 10.8 Å². The molecular weight excluding hydrogens is 186 g/mol. The van der Waals surface area contributed by atoms with Crippen LogP contribution in [0.5, 0.6) is 0 Å². The van der Waals surface area contributed by atoms with Gasteiger partial charge in [-0.3, -0.25) is 0 Å². The SMILES string of the molecule is CC(C)(C)[S@](=O)c1cccc[n+]1[O-]. The lowest BCUT2D eigenvalue weighted by molar-refractivity contribution is -0.646. The van der Waals surface area contributed by atoms with Crippen molar-refractivity contribution in [1.82, 2.24) is 0 Å². The topological polar surface area (TPSA) is 44.0 Å². The second kappa shape index (κ2) is 3.46. The summed E-state index contributed by atoms with van der Waals surface area (Å²) < 4.78 is 12.0. The summed E-state index contributed by atoms with van der Waals surface area (Å²) in [7, 11) is -1.26. The molecule has 0 spiro atoms. The molecule has 72 valence electrons. The molecular formula is C9H13NO2S. The van der Waals surface area contributed by atoms with E-state index >= 15 is 0 Å². The van der Waals surface area contributed by atoms with E-state index in [2.05, 4.69) is 0 Å². The van der Waals surface area contributed by atoms with Gasteiger partial charge in [0.15, 0.2) is 6.20 Å². The predicted molar refractivity (Wildman–Crippen MR) is 51.6 cm³/mol. The first kappa shape index (κ1) is 10.2. The van der Waals surface area contributed by atoms with Crippen LogP contribution in [0.3, 0.4) is 0 Å². The van der Waals surface area contributed by atoms with Crippen molar-refractivity contribution in [2.24, 2.45) is 0 Å². The van der Waals surface area contributed by atoms with Gasteiger partial charge in [-0.25, -0.2) is 4.21 Å². The van der Waals surface area contributed by atoms with Crippen LogP contribution in [0.2, 0.25) is 0 Å². The molecule has 4 heteroatoms. The molecule has 1 aromatic rings. The molecule has 0 aliphatic rings. The number of rotatable bonds is 1. The average Bonchev–Trinajstić information content (AvgIpc) is 2.02. The molecule has 13 heavy (non-hydrogen) atoms. The van der Waals surface area contributed by atoms with Gasteiger partial charge in [0.25, 0.3) is 5.03 Å². The largest absolute Gasteiger partial charge is 0.618 e. The zero-order valence-electron chi connectivity index (χ0n) is 7.98. The van der Waals surface area contributed by atoms with Crippen molar-refractivity contribution in [3.8, 4) is 0 Å². The first-order valence-corrected chi connectivity index (χ1v) is 5.18. The van der Waals surface area contributed by atoms with Crippen molar-refractivity contribution in [3.05, 3.63) is 29.6 Å². The van der Waals surface area contributed by atoms with E-state index in [1.807, 2.05) is 20.8 Å². The smallest absolute Gasteiger partial charge is 0.282 e. The molecule has 1 heterocycles. The quantitative estimate of drug-likeness (QED) is 0.504. The van der Waals surface area contributed by atoms with Crippen LogP contribution in [0.4, 0.5) is 0 Å². The third-order valence-corrected chi connectivity index (χ3v) is 3.34. The van der Waals surface area contributed by atoms with Crippen molar-refractivity contribution in [2.75, 3.05) is 0 Å². The van der Waals surface area contributed by atoms with E-state index in [4.69, 9.17) is 0 Å². The first-order chi connectivity index (χ1) is 5.93. The van der Waals surface area contributed by atoms with Gasteiger partial charge < -0.3 is 5.21 Å². The summed E-state index contributed by atoms with van der Waals surface area (Å²) in [5.74, 6) is 0. The van der Waals surface area contributed by atoms with Crippen molar-refractivity contribution < 1.29 is 8.94 Å². The van der Waals surface area contributed by atoms with Gasteiger partial charge in [0.05, 0.1) is 0 Å². The second-order valence-corrected chi connectivity index (χ2v) is 5.93. The molecule has 3 nitrogen and oxygen atoms in total. The highest BCUT2D eigenvalue weighted by Crippen LogP contribution is 2.16. The summed E-state index contributed by atoms with van der Waals surface area (Å²) >= 11 is 0. The van der Waals surface area contributed by atoms with E-state index in [1.54, 1.807) is 18.2 Å². The summed E-state index contributed by atoms with van der Waals surface area (Å²) in [4.78, 5) is 0. The van der Waals surface area contributed by atoms with Crippen molar-refractivity contribution in [1.29, 1.82) is 0 Å². The molecule has 0 aliphatic heterocycles. The van der Waals surface area contributed by atoms with Crippen LogP contribution in [0.1, 0.15) is 20.8 Å². The third kappa shape index (κ3) is 2.28. The minimum absolute atomic E-state index is 0.315. The Bertz CT molecular complexity index is 331. The maximum Gasteiger partial charge on any atom is 0.282 e. The van der Waals surface area contributed by atoms with Gasteiger partial charge in [-0.05, 0) is 26.8 Å². The van der Waals surface area contributed by atoms with Crippen LogP contribution in [0.15, 0.2) is 29.4 Å². The lowest BCUT2D eigenvalue weighted by Gasteiger charge is -2.15. The van der Waals surface area contributed by atoms with E-state index in [0.717, 1.165) is 0 Å². The molecule has 0 amide bonds. The molecule has 0 radical (unpaired) electrons. The molecule has 0 bridgehead atoms. The second-order valence-electron chi connectivity index (χ2n) is 3.75. The summed E-state index contributed by atoms with van der Waals surface area (Å²) in [6, 6.07) is 4.93. The van der Waals surface area contributed by atoms with E-state index in [1.165, 1.54) is 6.20 Å². The first-order valence-electron chi connectivity index (χ1n) is 4.03. The van der Waals surface area contributed by atoms with Crippen LogP contribution < -0.4 is 4.73 Å². The van der Waals surface area contributed by atoms with Gasteiger partial charge in [-0.1, -0.05) is 0 Å². The number of nitrogens with zero attached hydrogens (tertiary/aromatic N) is 1. The fourth-order valence-electron chi connectivity index (χ4n) is 0.870. The molecule has 0 aromatic carbocycles. The number of hydrogen-bond acceptors (Lipinski definition) is 2. The predicted octanol–water partition coefficient (Wildman–Crippen LogP) is 1.23. The molecule has 0 unspecified atom stereocenters. The third-order valence-electron chi connectivity index (χ3n) is 1.53. The van der Waals surface area contributed by atoms with Gasteiger partial charge in [0.2, 0.25) is 0 Å². The average molecular weight is 199 g/mol. The Morgan fingerprint density at radius 2 is 2.00 bits per heavy atom. The monoisotopic (exact) mass is 199 g/mol. The van der Waals surface area contributed by atoms with E-state index in [9.17, 15) is 9.42 Å². The van der Waals surface area contributed by atoms with Gasteiger partial charge in [-0.15, -0.1) is 0 Å². The zero-order valence-corrected chi connectivity index (χ0v) is 8.80.